The quantitative estimate of drug-likeness (QED) is 0.771. The largest absolute Gasteiger partial charge is 0.468 e. The second kappa shape index (κ2) is 8.16. The van der Waals surface area contributed by atoms with Gasteiger partial charge in [0.15, 0.2) is 0 Å². The fraction of sp³-hybridized carbons (Fsp3) is 0.500. The van der Waals surface area contributed by atoms with Crippen LogP contribution in [-0.2, 0) is 9.53 Å². The zero-order chi connectivity index (χ0) is 13.4. The summed E-state index contributed by atoms with van der Waals surface area (Å²) in [6.45, 7) is 5.13. The molecule has 0 fully saturated rings. The lowest BCUT2D eigenvalue weighted by Gasteiger charge is -2.24. The molecule has 0 radical (unpaired) electrons. The van der Waals surface area contributed by atoms with Crippen molar-refractivity contribution in [2.24, 2.45) is 0 Å². The monoisotopic (exact) mass is 267 g/mol. The Kier molecular flexibility index (Phi) is 6.83. The molecule has 0 aliphatic heterocycles. The number of benzene rings is 1. The summed E-state index contributed by atoms with van der Waals surface area (Å²) in [6, 6.07) is 10.6. The van der Waals surface area contributed by atoms with Crippen LogP contribution in [0.25, 0.3) is 0 Å². The lowest BCUT2D eigenvalue weighted by Crippen LogP contribution is -2.29. The molecule has 1 N–H and O–H groups in total. The fourth-order valence-corrected chi connectivity index (χ4v) is 2.75. The predicted octanol–water partition coefficient (Wildman–Crippen LogP) is 2.63. The molecule has 1 aromatic rings. The molecule has 0 aromatic heterocycles. The van der Waals surface area contributed by atoms with E-state index in [1.165, 1.54) is 12.7 Å². The molecule has 4 heteroatoms. The van der Waals surface area contributed by atoms with Gasteiger partial charge in [0.25, 0.3) is 0 Å². The SMILES string of the molecule is CCNC(c1ccccc1)C(C)SCC(=O)OC. The number of carbonyl (C=O) groups excluding carboxylic acids is 1. The molecule has 0 heterocycles. The molecule has 18 heavy (non-hydrogen) atoms. The Hall–Kier alpha value is -1.00. The minimum absolute atomic E-state index is 0.171. The van der Waals surface area contributed by atoms with Crippen LogP contribution in [0.2, 0.25) is 0 Å². The number of methoxy groups -OCH3 is 1. The molecule has 100 valence electrons. The first kappa shape index (κ1) is 15.1. The molecule has 0 bridgehead atoms. The molecule has 3 nitrogen and oxygen atoms in total. The Labute approximate surface area is 113 Å². The summed E-state index contributed by atoms with van der Waals surface area (Å²) in [4.78, 5) is 11.2. The number of esters is 1. The zero-order valence-electron chi connectivity index (χ0n) is 11.2. The minimum Gasteiger partial charge on any atom is -0.468 e. The van der Waals surface area contributed by atoms with Crippen molar-refractivity contribution in [2.75, 3.05) is 19.4 Å². The van der Waals surface area contributed by atoms with E-state index in [4.69, 9.17) is 0 Å². The second-order valence-electron chi connectivity index (χ2n) is 4.04. The van der Waals surface area contributed by atoms with Gasteiger partial charge in [0.05, 0.1) is 12.9 Å². The number of thioether (sulfide) groups is 1. The summed E-state index contributed by atoms with van der Waals surface area (Å²) in [5.74, 6) is 0.224. The molecule has 1 aromatic carbocycles. The Morgan fingerprint density at radius 3 is 2.61 bits per heavy atom. The smallest absolute Gasteiger partial charge is 0.315 e. The van der Waals surface area contributed by atoms with Crippen molar-refractivity contribution >= 4 is 17.7 Å². The highest BCUT2D eigenvalue weighted by Gasteiger charge is 2.19. The first-order chi connectivity index (χ1) is 8.69. The van der Waals surface area contributed by atoms with E-state index in [1.54, 1.807) is 11.8 Å². The van der Waals surface area contributed by atoms with Gasteiger partial charge in [0, 0.05) is 11.3 Å². The van der Waals surface area contributed by atoms with Crippen LogP contribution in [0.4, 0.5) is 0 Å². The Morgan fingerprint density at radius 2 is 2.06 bits per heavy atom. The summed E-state index contributed by atoms with van der Waals surface area (Å²) in [6.07, 6.45) is 0. The molecule has 0 aliphatic rings. The standard InChI is InChI=1S/C14H21NO2S/c1-4-15-14(12-8-6-5-7-9-12)11(2)18-10-13(16)17-3/h5-9,11,14-15H,4,10H2,1-3H3. The van der Waals surface area contributed by atoms with Crippen LogP contribution in [0.1, 0.15) is 25.5 Å². The molecule has 2 unspecified atom stereocenters. The van der Waals surface area contributed by atoms with Crippen LogP contribution in [0.15, 0.2) is 30.3 Å². The van der Waals surface area contributed by atoms with Gasteiger partial charge in [-0.2, -0.15) is 0 Å². The van der Waals surface area contributed by atoms with E-state index in [-0.39, 0.29) is 12.0 Å². The van der Waals surface area contributed by atoms with Crippen molar-refractivity contribution in [3.8, 4) is 0 Å². The number of nitrogens with one attached hydrogen (secondary N) is 1. The van der Waals surface area contributed by atoms with Crippen molar-refractivity contribution in [1.82, 2.24) is 5.32 Å². The van der Waals surface area contributed by atoms with Gasteiger partial charge >= 0.3 is 5.97 Å². The molecule has 0 saturated heterocycles. The maximum atomic E-state index is 11.2. The average molecular weight is 267 g/mol. The van der Waals surface area contributed by atoms with E-state index in [2.05, 4.69) is 36.0 Å². The number of hydrogen-bond donors (Lipinski definition) is 1. The van der Waals surface area contributed by atoms with E-state index in [0.717, 1.165) is 6.54 Å². The number of rotatable bonds is 7. The van der Waals surface area contributed by atoms with Crippen LogP contribution in [0, 0.1) is 0 Å². The highest BCUT2D eigenvalue weighted by atomic mass is 32.2. The van der Waals surface area contributed by atoms with E-state index >= 15 is 0 Å². The van der Waals surface area contributed by atoms with Crippen LogP contribution in [-0.4, -0.2) is 30.6 Å². The third-order valence-electron chi connectivity index (χ3n) is 2.74. The van der Waals surface area contributed by atoms with Crippen molar-refractivity contribution in [3.05, 3.63) is 35.9 Å². The molecule has 2 atom stereocenters. The summed E-state index contributed by atoms with van der Waals surface area (Å²) in [5.41, 5.74) is 1.25. The third kappa shape index (κ3) is 4.70. The van der Waals surface area contributed by atoms with Gasteiger partial charge in [-0.3, -0.25) is 4.79 Å². The highest BCUT2D eigenvalue weighted by molar-refractivity contribution is 8.00. The molecule has 0 spiro atoms. The van der Waals surface area contributed by atoms with E-state index in [0.29, 0.717) is 11.0 Å². The van der Waals surface area contributed by atoms with E-state index in [9.17, 15) is 4.79 Å². The fourth-order valence-electron chi connectivity index (χ4n) is 1.79. The van der Waals surface area contributed by atoms with Crippen molar-refractivity contribution in [2.45, 2.75) is 25.1 Å². The molecule has 0 saturated carbocycles. The minimum atomic E-state index is -0.171. The maximum Gasteiger partial charge on any atom is 0.315 e. The second-order valence-corrected chi connectivity index (χ2v) is 5.40. The van der Waals surface area contributed by atoms with Crippen LogP contribution >= 0.6 is 11.8 Å². The summed E-state index contributed by atoms with van der Waals surface area (Å²) in [7, 11) is 1.42. The Morgan fingerprint density at radius 1 is 1.39 bits per heavy atom. The molecular weight excluding hydrogens is 246 g/mol. The van der Waals surface area contributed by atoms with E-state index < -0.39 is 0 Å². The molecule has 0 amide bonds. The molecule has 1 rings (SSSR count). The summed E-state index contributed by atoms with van der Waals surface area (Å²) < 4.78 is 4.67. The lowest BCUT2D eigenvalue weighted by molar-refractivity contribution is -0.137. The van der Waals surface area contributed by atoms with Crippen molar-refractivity contribution in [1.29, 1.82) is 0 Å². The van der Waals surface area contributed by atoms with Gasteiger partial charge in [-0.15, -0.1) is 11.8 Å². The van der Waals surface area contributed by atoms with Crippen LogP contribution in [0.3, 0.4) is 0 Å². The van der Waals surface area contributed by atoms with Gasteiger partial charge in [-0.25, -0.2) is 0 Å². The Bertz CT molecular complexity index is 356. The number of hydrogen-bond acceptors (Lipinski definition) is 4. The predicted molar refractivity (Wildman–Crippen MR) is 76.8 cm³/mol. The topological polar surface area (TPSA) is 38.3 Å². The van der Waals surface area contributed by atoms with Crippen molar-refractivity contribution < 1.29 is 9.53 Å². The maximum absolute atomic E-state index is 11.2. The number of ether oxygens (including phenoxy) is 1. The van der Waals surface area contributed by atoms with Gasteiger partial charge in [-0.05, 0) is 12.1 Å². The third-order valence-corrected chi connectivity index (χ3v) is 3.94. The summed E-state index contributed by atoms with van der Waals surface area (Å²) in [5, 5.41) is 3.78. The first-order valence-corrected chi connectivity index (χ1v) is 7.20. The van der Waals surface area contributed by atoms with Crippen LogP contribution in [0.5, 0.6) is 0 Å². The zero-order valence-corrected chi connectivity index (χ0v) is 12.0. The van der Waals surface area contributed by atoms with Gasteiger partial charge in [-0.1, -0.05) is 44.2 Å². The lowest BCUT2D eigenvalue weighted by atomic mass is 10.0. The average Bonchev–Trinajstić information content (AvgIpc) is 2.42. The normalized spacial score (nSPS) is 13.9. The van der Waals surface area contributed by atoms with Gasteiger partial charge in [0.1, 0.15) is 0 Å². The van der Waals surface area contributed by atoms with Crippen molar-refractivity contribution in [3.63, 3.8) is 0 Å². The van der Waals surface area contributed by atoms with E-state index in [1.807, 2.05) is 18.2 Å². The highest BCUT2D eigenvalue weighted by Crippen LogP contribution is 2.26. The first-order valence-electron chi connectivity index (χ1n) is 6.15. The number of carbonyl (C=O) groups is 1. The molecule has 0 aliphatic carbocycles. The molecular formula is C14H21NO2S. The Balaban J connectivity index is 2.64. The van der Waals surface area contributed by atoms with Gasteiger partial charge in [0.2, 0.25) is 0 Å². The van der Waals surface area contributed by atoms with Crippen LogP contribution < -0.4 is 5.32 Å². The summed E-state index contributed by atoms with van der Waals surface area (Å²) >= 11 is 1.61. The van der Waals surface area contributed by atoms with Gasteiger partial charge < -0.3 is 10.1 Å².